The van der Waals surface area contributed by atoms with E-state index in [1.54, 1.807) is 12.1 Å². The Morgan fingerprint density at radius 2 is 2.29 bits per heavy atom. The van der Waals surface area contributed by atoms with Gasteiger partial charge in [-0.05, 0) is 36.5 Å². The number of halogens is 1. The standard InChI is InChI=1S/C13H16ClNO2/c14-11-3-1-2-9(6-11)7-13(17)15-8-12(16)10-4-5-10/h1-3,6,10,12,16H,4-5,7-8H2,(H,15,17). The summed E-state index contributed by atoms with van der Waals surface area (Å²) in [6.45, 7) is 0.351. The molecule has 0 heterocycles. The zero-order valence-corrected chi connectivity index (χ0v) is 10.3. The average Bonchev–Trinajstić information content (AvgIpc) is 3.09. The monoisotopic (exact) mass is 253 g/mol. The van der Waals surface area contributed by atoms with Gasteiger partial charge in [0.15, 0.2) is 0 Å². The molecule has 0 aromatic heterocycles. The molecule has 1 amide bonds. The van der Waals surface area contributed by atoms with Gasteiger partial charge in [0, 0.05) is 11.6 Å². The summed E-state index contributed by atoms with van der Waals surface area (Å²) in [5.74, 6) is 0.313. The van der Waals surface area contributed by atoms with Gasteiger partial charge < -0.3 is 10.4 Å². The molecule has 0 bridgehead atoms. The van der Waals surface area contributed by atoms with Crippen molar-refractivity contribution in [3.63, 3.8) is 0 Å². The summed E-state index contributed by atoms with van der Waals surface area (Å²) < 4.78 is 0. The fourth-order valence-corrected chi connectivity index (χ4v) is 1.97. The maximum Gasteiger partial charge on any atom is 0.224 e. The van der Waals surface area contributed by atoms with Crippen LogP contribution >= 0.6 is 11.6 Å². The molecule has 1 atom stereocenters. The lowest BCUT2D eigenvalue weighted by Crippen LogP contribution is -2.34. The summed E-state index contributed by atoms with van der Waals surface area (Å²) >= 11 is 5.83. The molecule has 1 saturated carbocycles. The second kappa shape index (κ2) is 5.52. The molecule has 1 fully saturated rings. The minimum absolute atomic E-state index is 0.0769. The topological polar surface area (TPSA) is 49.3 Å². The Morgan fingerprint density at radius 1 is 1.53 bits per heavy atom. The van der Waals surface area contributed by atoms with E-state index in [2.05, 4.69) is 5.32 Å². The second-order valence-corrected chi connectivity index (χ2v) is 4.95. The normalized spacial score (nSPS) is 16.6. The number of rotatable bonds is 5. The molecule has 1 unspecified atom stereocenters. The number of carbonyl (C=O) groups excluding carboxylic acids is 1. The second-order valence-electron chi connectivity index (χ2n) is 4.52. The van der Waals surface area contributed by atoms with Crippen molar-refractivity contribution >= 4 is 17.5 Å². The first kappa shape index (κ1) is 12.4. The Bertz CT molecular complexity index is 404. The Balaban J connectivity index is 1.76. The molecule has 0 aliphatic heterocycles. The third-order valence-electron chi connectivity index (χ3n) is 2.93. The molecule has 0 radical (unpaired) electrons. The van der Waals surface area contributed by atoms with Crippen LogP contribution in [0.2, 0.25) is 5.02 Å². The summed E-state index contributed by atoms with van der Waals surface area (Å²) in [5, 5.41) is 13.0. The van der Waals surface area contributed by atoms with Crippen molar-refractivity contribution in [2.45, 2.75) is 25.4 Å². The first-order chi connectivity index (χ1) is 8.15. The molecule has 2 rings (SSSR count). The van der Waals surface area contributed by atoms with Crippen LogP contribution in [0, 0.1) is 5.92 Å². The van der Waals surface area contributed by atoms with E-state index in [9.17, 15) is 9.90 Å². The highest BCUT2D eigenvalue weighted by atomic mass is 35.5. The Labute approximate surface area is 106 Å². The first-order valence-corrected chi connectivity index (χ1v) is 6.22. The van der Waals surface area contributed by atoms with E-state index >= 15 is 0 Å². The van der Waals surface area contributed by atoms with Gasteiger partial charge in [0.05, 0.1) is 12.5 Å². The quantitative estimate of drug-likeness (QED) is 0.840. The summed E-state index contributed by atoms with van der Waals surface area (Å²) in [6, 6.07) is 7.24. The van der Waals surface area contributed by atoms with Gasteiger partial charge in [-0.15, -0.1) is 0 Å². The van der Waals surface area contributed by atoms with Gasteiger partial charge in [-0.1, -0.05) is 23.7 Å². The molecular weight excluding hydrogens is 238 g/mol. The van der Waals surface area contributed by atoms with Crippen molar-refractivity contribution in [1.82, 2.24) is 5.32 Å². The maximum absolute atomic E-state index is 11.6. The Hall–Kier alpha value is -1.06. The summed E-state index contributed by atoms with van der Waals surface area (Å²) in [6.07, 6.45) is 2.06. The van der Waals surface area contributed by atoms with E-state index in [1.165, 1.54) is 0 Å². The fourth-order valence-electron chi connectivity index (χ4n) is 1.76. The number of carbonyl (C=O) groups is 1. The highest BCUT2D eigenvalue weighted by molar-refractivity contribution is 6.30. The third kappa shape index (κ3) is 4.02. The predicted octanol–water partition coefficient (Wildman–Crippen LogP) is 1.77. The zero-order chi connectivity index (χ0) is 12.3. The summed E-state index contributed by atoms with van der Waals surface area (Å²) in [4.78, 5) is 11.6. The molecular formula is C13H16ClNO2. The van der Waals surface area contributed by atoms with Gasteiger partial charge in [-0.25, -0.2) is 0 Å². The van der Waals surface area contributed by atoms with Crippen LogP contribution in [0.5, 0.6) is 0 Å². The highest BCUT2D eigenvalue weighted by Crippen LogP contribution is 2.32. The van der Waals surface area contributed by atoms with Gasteiger partial charge in [0.25, 0.3) is 0 Å². The molecule has 0 spiro atoms. The number of amides is 1. The maximum atomic E-state index is 11.6. The fraction of sp³-hybridized carbons (Fsp3) is 0.462. The summed E-state index contributed by atoms with van der Waals surface area (Å²) in [5.41, 5.74) is 0.885. The van der Waals surface area contributed by atoms with E-state index in [1.807, 2.05) is 12.1 Å². The lowest BCUT2D eigenvalue weighted by molar-refractivity contribution is -0.120. The van der Waals surface area contributed by atoms with Crippen LogP contribution in [0.3, 0.4) is 0 Å². The molecule has 1 aliphatic carbocycles. The van der Waals surface area contributed by atoms with Crippen LogP contribution in [0.15, 0.2) is 24.3 Å². The zero-order valence-electron chi connectivity index (χ0n) is 9.53. The van der Waals surface area contributed by atoms with Crippen LogP contribution in [0.25, 0.3) is 0 Å². The number of aliphatic hydroxyl groups excluding tert-OH is 1. The van der Waals surface area contributed by atoms with Crippen molar-refractivity contribution < 1.29 is 9.90 Å². The average molecular weight is 254 g/mol. The minimum Gasteiger partial charge on any atom is -0.391 e. The van der Waals surface area contributed by atoms with E-state index < -0.39 is 6.10 Å². The van der Waals surface area contributed by atoms with E-state index in [0.29, 0.717) is 23.9 Å². The van der Waals surface area contributed by atoms with Gasteiger partial charge in [0.2, 0.25) is 5.91 Å². The number of aliphatic hydroxyl groups is 1. The van der Waals surface area contributed by atoms with Gasteiger partial charge in [-0.2, -0.15) is 0 Å². The SMILES string of the molecule is O=C(Cc1cccc(Cl)c1)NCC(O)C1CC1. The molecule has 3 nitrogen and oxygen atoms in total. The van der Waals surface area contributed by atoms with E-state index in [4.69, 9.17) is 11.6 Å². The first-order valence-electron chi connectivity index (χ1n) is 5.84. The van der Waals surface area contributed by atoms with Crippen LogP contribution in [0.4, 0.5) is 0 Å². The van der Waals surface area contributed by atoms with Crippen molar-refractivity contribution in [3.8, 4) is 0 Å². The molecule has 0 saturated heterocycles. The minimum atomic E-state index is -0.390. The molecule has 17 heavy (non-hydrogen) atoms. The smallest absolute Gasteiger partial charge is 0.224 e. The largest absolute Gasteiger partial charge is 0.391 e. The van der Waals surface area contributed by atoms with Crippen LogP contribution in [0.1, 0.15) is 18.4 Å². The van der Waals surface area contributed by atoms with Crippen LogP contribution in [-0.4, -0.2) is 23.7 Å². The molecule has 4 heteroatoms. The molecule has 1 aromatic carbocycles. The number of hydrogen-bond acceptors (Lipinski definition) is 2. The van der Waals surface area contributed by atoms with Crippen molar-refractivity contribution in [2.75, 3.05) is 6.54 Å². The molecule has 92 valence electrons. The van der Waals surface area contributed by atoms with Gasteiger partial charge >= 0.3 is 0 Å². The Morgan fingerprint density at radius 3 is 2.94 bits per heavy atom. The van der Waals surface area contributed by atoms with Gasteiger partial charge in [-0.3, -0.25) is 4.79 Å². The molecule has 2 N–H and O–H groups in total. The van der Waals surface area contributed by atoms with Crippen molar-refractivity contribution in [3.05, 3.63) is 34.9 Å². The lowest BCUT2D eigenvalue weighted by Gasteiger charge is -2.10. The van der Waals surface area contributed by atoms with E-state index in [0.717, 1.165) is 18.4 Å². The Kier molecular flexibility index (Phi) is 4.02. The van der Waals surface area contributed by atoms with Crippen LogP contribution in [-0.2, 0) is 11.2 Å². The number of benzene rings is 1. The third-order valence-corrected chi connectivity index (χ3v) is 3.16. The van der Waals surface area contributed by atoms with Gasteiger partial charge in [0.1, 0.15) is 0 Å². The number of nitrogens with one attached hydrogen (secondary N) is 1. The molecule has 1 aromatic rings. The van der Waals surface area contributed by atoms with E-state index in [-0.39, 0.29) is 5.91 Å². The predicted molar refractivity (Wildman–Crippen MR) is 66.9 cm³/mol. The van der Waals surface area contributed by atoms with Crippen LogP contribution < -0.4 is 5.32 Å². The molecule has 1 aliphatic rings. The highest BCUT2D eigenvalue weighted by Gasteiger charge is 2.29. The van der Waals surface area contributed by atoms with Crippen molar-refractivity contribution in [1.29, 1.82) is 0 Å². The summed E-state index contributed by atoms with van der Waals surface area (Å²) in [7, 11) is 0. The van der Waals surface area contributed by atoms with Crippen molar-refractivity contribution in [2.24, 2.45) is 5.92 Å². The number of hydrogen-bond donors (Lipinski definition) is 2. The lowest BCUT2D eigenvalue weighted by atomic mass is 10.1.